The molecule has 2 aromatic rings. The molecule has 1 unspecified atom stereocenters. The first-order valence-electron chi connectivity index (χ1n) is 5.99. The molecule has 20 heavy (non-hydrogen) atoms. The molecule has 0 saturated carbocycles. The van der Waals surface area contributed by atoms with Crippen molar-refractivity contribution in [2.24, 2.45) is 0 Å². The molecule has 2 nitrogen and oxygen atoms in total. The molecule has 0 heterocycles. The smallest absolute Gasteiger partial charge is 0.184 e. The second kappa shape index (κ2) is 6.09. The van der Waals surface area contributed by atoms with E-state index in [1.165, 1.54) is 6.07 Å². The molecule has 0 aliphatic carbocycles. The van der Waals surface area contributed by atoms with Gasteiger partial charge in [-0.3, -0.25) is 4.79 Å². The Kier molecular flexibility index (Phi) is 4.44. The van der Waals surface area contributed by atoms with Crippen molar-refractivity contribution in [3.63, 3.8) is 0 Å². The Bertz CT molecular complexity index is 704. The molecule has 1 atom stereocenters. The number of hydrogen-bond donors (Lipinski definition) is 0. The number of halogens is 2. The summed E-state index contributed by atoms with van der Waals surface area (Å²) >= 11 is 11.9. The van der Waals surface area contributed by atoms with Gasteiger partial charge in [-0.2, -0.15) is 5.26 Å². The molecule has 0 aromatic heterocycles. The molecule has 0 radical (unpaired) electrons. The molecule has 0 amide bonds. The number of ketones is 1. The third-order valence-corrected chi connectivity index (χ3v) is 3.64. The van der Waals surface area contributed by atoms with Crippen molar-refractivity contribution >= 4 is 29.0 Å². The van der Waals surface area contributed by atoms with Crippen LogP contribution in [-0.4, -0.2) is 5.78 Å². The van der Waals surface area contributed by atoms with E-state index in [1.807, 2.05) is 25.1 Å². The number of benzene rings is 2. The number of rotatable bonds is 3. The van der Waals surface area contributed by atoms with Crippen molar-refractivity contribution in [1.82, 2.24) is 0 Å². The number of carbonyl (C=O) groups is 1. The number of nitrogens with zero attached hydrogens (tertiary/aromatic N) is 1. The van der Waals surface area contributed by atoms with Gasteiger partial charge in [-0.1, -0.05) is 53.5 Å². The van der Waals surface area contributed by atoms with E-state index in [0.717, 1.165) is 5.56 Å². The van der Waals surface area contributed by atoms with E-state index in [0.29, 0.717) is 21.2 Å². The Morgan fingerprint density at radius 2 is 1.90 bits per heavy atom. The van der Waals surface area contributed by atoms with Crippen molar-refractivity contribution < 1.29 is 4.79 Å². The molecule has 0 bridgehead atoms. The maximum absolute atomic E-state index is 12.5. The molecule has 4 heteroatoms. The zero-order valence-corrected chi connectivity index (χ0v) is 12.2. The third kappa shape index (κ3) is 2.85. The van der Waals surface area contributed by atoms with Crippen molar-refractivity contribution in [2.45, 2.75) is 12.8 Å². The predicted molar refractivity (Wildman–Crippen MR) is 80.3 cm³/mol. The normalized spacial score (nSPS) is 11.7. The summed E-state index contributed by atoms with van der Waals surface area (Å²) in [6.07, 6.45) is 0. The van der Waals surface area contributed by atoms with Crippen molar-refractivity contribution in [1.29, 1.82) is 5.26 Å². The van der Waals surface area contributed by atoms with Crippen LogP contribution < -0.4 is 0 Å². The summed E-state index contributed by atoms with van der Waals surface area (Å²) < 4.78 is 0. The van der Waals surface area contributed by atoms with E-state index in [9.17, 15) is 10.1 Å². The lowest BCUT2D eigenvalue weighted by Gasteiger charge is -2.12. The Balaban J connectivity index is 2.46. The van der Waals surface area contributed by atoms with Gasteiger partial charge in [0.25, 0.3) is 0 Å². The minimum atomic E-state index is -0.930. The minimum Gasteiger partial charge on any atom is -0.292 e. The summed E-state index contributed by atoms with van der Waals surface area (Å²) in [6, 6.07) is 14.0. The minimum absolute atomic E-state index is 0.255. The van der Waals surface area contributed by atoms with E-state index in [1.54, 1.807) is 24.3 Å². The molecule has 0 saturated heterocycles. The van der Waals surface area contributed by atoms with E-state index in [-0.39, 0.29) is 5.78 Å². The van der Waals surface area contributed by atoms with Gasteiger partial charge in [0.05, 0.1) is 6.07 Å². The molecule has 0 fully saturated rings. The van der Waals surface area contributed by atoms with Gasteiger partial charge in [0, 0.05) is 15.6 Å². The molecule has 2 rings (SSSR count). The van der Waals surface area contributed by atoms with Crippen LogP contribution in [0.25, 0.3) is 0 Å². The monoisotopic (exact) mass is 303 g/mol. The number of aryl methyl sites for hydroxylation is 1. The molecule has 2 aromatic carbocycles. The van der Waals surface area contributed by atoms with Gasteiger partial charge in [-0.05, 0) is 30.2 Å². The highest BCUT2D eigenvalue weighted by Crippen LogP contribution is 2.30. The fourth-order valence-electron chi connectivity index (χ4n) is 2.01. The fraction of sp³-hybridized carbons (Fsp3) is 0.125. The van der Waals surface area contributed by atoms with Crippen LogP contribution in [0.3, 0.4) is 0 Å². The molecule has 0 spiro atoms. The topological polar surface area (TPSA) is 40.9 Å². The Morgan fingerprint density at radius 1 is 1.20 bits per heavy atom. The van der Waals surface area contributed by atoms with Gasteiger partial charge in [-0.15, -0.1) is 0 Å². The van der Waals surface area contributed by atoms with Crippen LogP contribution in [0, 0.1) is 18.3 Å². The van der Waals surface area contributed by atoms with Crippen LogP contribution in [0.2, 0.25) is 10.0 Å². The third-order valence-electron chi connectivity index (χ3n) is 3.08. The first-order chi connectivity index (χ1) is 9.54. The number of hydrogen-bond acceptors (Lipinski definition) is 2. The zero-order valence-electron chi connectivity index (χ0n) is 10.7. The van der Waals surface area contributed by atoms with Gasteiger partial charge in [0.2, 0.25) is 0 Å². The Labute approximate surface area is 127 Å². The molecular formula is C16H11Cl2NO. The standard InChI is InChI=1S/C16H11Cl2NO/c1-10-4-2-3-5-12(10)16(20)14(9-19)13-7-6-11(17)8-15(13)18/h2-8,14H,1H3. The summed E-state index contributed by atoms with van der Waals surface area (Å²) in [5, 5.41) is 10.1. The average Bonchev–Trinajstić information content (AvgIpc) is 2.42. The SMILES string of the molecule is Cc1ccccc1C(=O)C(C#N)c1ccc(Cl)cc1Cl. The van der Waals surface area contributed by atoms with Crippen molar-refractivity contribution in [2.75, 3.05) is 0 Å². The average molecular weight is 304 g/mol. The maximum Gasteiger partial charge on any atom is 0.184 e. The molecule has 0 aliphatic rings. The van der Waals surface area contributed by atoms with E-state index >= 15 is 0 Å². The van der Waals surface area contributed by atoms with E-state index in [2.05, 4.69) is 0 Å². The van der Waals surface area contributed by atoms with Gasteiger partial charge in [0.1, 0.15) is 5.92 Å². The lowest BCUT2D eigenvalue weighted by Crippen LogP contribution is -2.13. The summed E-state index contributed by atoms with van der Waals surface area (Å²) in [5.41, 5.74) is 1.85. The highest BCUT2D eigenvalue weighted by molar-refractivity contribution is 6.35. The van der Waals surface area contributed by atoms with Crippen LogP contribution in [0.4, 0.5) is 0 Å². The molecular weight excluding hydrogens is 293 g/mol. The van der Waals surface area contributed by atoms with Crippen molar-refractivity contribution in [3.05, 3.63) is 69.2 Å². The van der Waals surface area contributed by atoms with Crippen molar-refractivity contribution in [3.8, 4) is 6.07 Å². The van der Waals surface area contributed by atoms with Crippen LogP contribution in [0.15, 0.2) is 42.5 Å². The fourth-order valence-corrected chi connectivity index (χ4v) is 2.53. The Hall–Kier alpha value is -1.82. The first kappa shape index (κ1) is 14.6. The van der Waals surface area contributed by atoms with Gasteiger partial charge < -0.3 is 0 Å². The van der Waals surface area contributed by atoms with Crippen LogP contribution in [0.1, 0.15) is 27.4 Å². The predicted octanol–water partition coefficient (Wildman–Crippen LogP) is 4.79. The van der Waals surface area contributed by atoms with Crippen LogP contribution >= 0.6 is 23.2 Å². The largest absolute Gasteiger partial charge is 0.292 e. The first-order valence-corrected chi connectivity index (χ1v) is 6.74. The highest BCUT2D eigenvalue weighted by Gasteiger charge is 2.24. The van der Waals surface area contributed by atoms with Crippen LogP contribution in [-0.2, 0) is 0 Å². The molecule has 0 aliphatic heterocycles. The van der Waals surface area contributed by atoms with Gasteiger partial charge in [0.15, 0.2) is 5.78 Å². The number of carbonyl (C=O) groups excluding carboxylic acids is 1. The number of Topliss-reactive ketones (excluding diaryl/α,β-unsaturated/α-hetero) is 1. The summed E-state index contributed by atoms with van der Waals surface area (Å²) in [6.45, 7) is 1.84. The molecule has 0 N–H and O–H groups in total. The highest BCUT2D eigenvalue weighted by atomic mass is 35.5. The second-order valence-corrected chi connectivity index (χ2v) is 5.25. The second-order valence-electron chi connectivity index (χ2n) is 4.41. The number of nitriles is 1. The lowest BCUT2D eigenvalue weighted by molar-refractivity contribution is 0.0978. The summed E-state index contributed by atoms with van der Waals surface area (Å²) in [5.74, 6) is -1.18. The summed E-state index contributed by atoms with van der Waals surface area (Å²) in [7, 11) is 0. The zero-order chi connectivity index (χ0) is 14.7. The van der Waals surface area contributed by atoms with Gasteiger partial charge >= 0.3 is 0 Å². The lowest BCUT2D eigenvalue weighted by atomic mass is 9.90. The van der Waals surface area contributed by atoms with E-state index in [4.69, 9.17) is 23.2 Å². The maximum atomic E-state index is 12.5. The molecule has 100 valence electrons. The van der Waals surface area contributed by atoms with Gasteiger partial charge in [-0.25, -0.2) is 0 Å². The summed E-state index contributed by atoms with van der Waals surface area (Å²) in [4.78, 5) is 12.5. The Morgan fingerprint density at radius 3 is 2.50 bits per heavy atom. The quantitative estimate of drug-likeness (QED) is 0.765. The van der Waals surface area contributed by atoms with E-state index < -0.39 is 5.92 Å². The van der Waals surface area contributed by atoms with Crippen LogP contribution in [0.5, 0.6) is 0 Å².